The first-order valence-electron chi connectivity index (χ1n) is 8.85. The van der Waals surface area contributed by atoms with Gasteiger partial charge in [-0.05, 0) is 68.8 Å². The summed E-state index contributed by atoms with van der Waals surface area (Å²) < 4.78 is 5.60. The quantitative estimate of drug-likeness (QED) is 0.597. The summed E-state index contributed by atoms with van der Waals surface area (Å²) in [7, 11) is 0. The average Bonchev–Trinajstić information content (AvgIpc) is 2.66. The molecule has 1 amide bonds. The summed E-state index contributed by atoms with van der Waals surface area (Å²) in [6.45, 7) is 5.84. The zero-order valence-electron chi connectivity index (χ0n) is 15.9. The normalized spacial score (nSPS) is 10.6. The number of aromatic nitrogens is 2. The van der Waals surface area contributed by atoms with E-state index < -0.39 is 0 Å². The summed E-state index contributed by atoms with van der Waals surface area (Å²) in [5.41, 5.74) is 2.62. The maximum Gasteiger partial charge on any atom is 0.274 e. The Labute approximate surface area is 168 Å². The molecule has 0 bridgehead atoms. The fraction of sp³-hybridized carbons (Fsp3) is 0.190. The van der Waals surface area contributed by atoms with E-state index >= 15 is 0 Å². The number of carbonyl (C=O) groups is 1. The van der Waals surface area contributed by atoms with E-state index in [4.69, 9.17) is 16.3 Å². The van der Waals surface area contributed by atoms with Crippen molar-refractivity contribution < 1.29 is 9.53 Å². The minimum Gasteiger partial charge on any atom is -0.491 e. The molecular formula is C21H21ClN4O2. The van der Waals surface area contributed by atoms with Crippen molar-refractivity contribution in [3.63, 3.8) is 0 Å². The van der Waals surface area contributed by atoms with Crippen LogP contribution in [-0.2, 0) is 0 Å². The predicted molar refractivity (Wildman–Crippen MR) is 112 cm³/mol. The van der Waals surface area contributed by atoms with E-state index in [1.165, 1.54) is 6.20 Å². The van der Waals surface area contributed by atoms with E-state index in [1.807, 2.05) is 45.0 Å². The van der Waals surface area contributed by atoms with E-state index in [2.05, 4.69) is 20.6 Å². The van der Waals surface area contributed by atoms with Crippen LogP contribution in [0.15, 0.2) is 54.7 Å². The molecule has 0 aliphatic heterocycles. The average molecular weight is 397 g/mol. The van der Waals surface area contributed by atoms with E-state index in [-0.39, 0.29) is 17.7 Å². The molecule has 1 aromatic heterocycles. The molecular weight excluding hydrogens is 376 g/mol. The van der Waals surface area contributed by atoms with Crippen LogP contribution in [0.3, 0.4) is 0 Å². The molecule has 1 heterocycles. The molecule has 0 aliphatic carbocycles. The Balaban J connectivity index is 1.68. The van der Waals surface area contributed by atoms with Gasteiger partial charge in [0.2, 0.25) is 5.95 Å². The maximum atomic E-state index is 12.5. The molecule has 3 rings (SSSR count). The number of rotatable bonds is 6. The van der Waals surface area contributed by atoms with Crippen LogP contribution < -0.4 is 15.4 Å². The van der Waals surface area contributed by atoms with E-state index in [1.54, 1.807) is 24.3 Å². The molecule has 0 aliphatic rings. The van der Waals surface area contributed by atoms with Crippen LogP contribution in [0.25, 0.3) is 0 Å². The van der Waals surface area contributed by atoms with Crippen molar-refractivity contribution >= 4 is 34.8 Å². The highest BCUT2D eigenvalue weighted by atomic mass is 35.5. The molecule has 0 fully saturated rings. The fourth-order valence-corrected chi connectivity index (χ4v) is 2.61. The molecule has 0 unspecified atom stereocenters. The highest BCUT2D eigenvalue weighted by molar-refractivity contribution is 6.31. The Morgan fingerprint density at radius 3 is 2.46 bits per heavy atom. The van der Waals surface area contributed by atoms with Gasteiger partial charge in [-0.25, -0.2) is 9.97 Å². The monoisotopic (exact) mass is 396 g/mol. The van der Waals surface area contributed by atoms with Gasteiger partial charge in [0, 0.05) is 22.6 Å². The summed E-state index contributed by atoms with van der Waals surface area (Å²) >= 11 is 6.14. The first-order valence-corrected chi connectivity index (χ1v) is 9.23. The molecule has 2 N–H and O–H groups in total. The third kappa shape index (κ3) is 5.20. The van der Waals surface area contributed by atoms with E-state index in [0.29, 0.717) is 16.7 Å². The predicted octanol–water partition coefficient (Wildman–Crippen LogP) is 5.22. The number of hydrogen-bond donors (Lipinski definition) is 2. The van der Waals surface area contributed by atoms with Crippen LogP contribution in [0.1, 0.15) is 29.9 Å². The highest BCUT2D eigenvalue weighted by Gasteiger charge is 2.10. The Bertz CT molecular complexity index is 974. The summed E-state index contributed by atoms with van der Waals surface area (Å²) in [5, 5.41) is 6.51. The van der Waals surface area contributed by atoms with E-state index in [9.17, 15) is 4.79 Å². The number of nitrogens with one attached hydrogen (secondary N) is 2. The molecule has 0 saturated carbocycles. The van der Waals surface area contributed by atoms with Gasteiger partial charge < -0.3 is 15.4 Å². The molecule has 6 nitrogen and oxygen atoms in total. The minimum atomic E-state index is -0.329. The van der Waals surface area contributed by atoms with Crippen LogP contribution in [0.5, 0.6) is 5.75 Å². The molecule has 0 spiro atoms. The zero-order chi connectivity index (χ0) is 20.1. The summed E-state index contributed by atoms with van der Waals surface area (Å²) in [6, 6.07) is 14.3. The Hall–Kier alpha value is -3.12. The van der Waals surface area contributed by atoms with Gasteiger partial charge in [0.25, 0.3) is 5.91 Å². The van der Waals surface area contributed by atoms with Crippen LogP contribution in [0.4, 0.5) is 17.3 Å². The molecule has 0 radical (unpaired) electrons. The lowest BCUT2D eigenvalue weighted by molar-refractivity contribution is 0.102. The third-order valence-electron chi connectivity index (χ3n) is 3.80. The lowest BCUT2D eigenvalue weighted by Gasteiger charge is -2.11. The summed E-state index contributed by atoms with van der Waals surface area (Å²) in [4.78, 5) is 20.9. The van der Waals surface area contributed by atoms with Gasteiger partial charge in [-0.1, -0.05) is 17.7 Å². The van der Waals surface area contributed by atoms with Crippen molar-refractivity contribution in [1.29, 1.82) is 0 Å². The second kappa shape index (κ2) is 8.71. The largest absolute Gasteiger partial charge is 0.491 e. The number of carbonyl (C=O) groups excluding carboxylic acids is 1. The second-order valence-electron chi connectivity index (χ2n) is 6.50. The van der Waals surface area contributed by atoms with Crippen LogP contribution >= 0.6 is 11.6 Å². The van der Waals surface area contributed by atoms with Crippen molar-refractivity contribution in [2.75, 3.05) is 10.6 Å². The first-order chi connectivity index (χ1) is 13.4. The van der Waals surface area contributed by atoms with Gasteiger partial charge in [-0.3, -0.25) is 4.79 Å². The topological polar surface area (TPSA) is 76.1 Å². The van der Waals surface area contributed by atoms with Crippen LogP contribution in [0.2, 0.25) is 5.02 Å². The molecule has 0 atom stereocenters. The standard InChI is InChI=1S/C21H21ClN4O2/c1-13(2)28-17-8-6-15(7-9-17)24-20(27)19-10-11-23-21(26-19)25-16-5-4-14(3)18(22)12-16/h4-13H,1-3H3,(H,24,27)(H,23,25,26). The molecule has 28 heavy (non-hydrogen) atoms. The molecule has 7 heteroatoms. The van der Waals surface area contributed by atoms with Gasteiger partial charge in [0.05, 0.1) is 6.10 Å². The van der Waals surface area contributed by atoms with Gasteiger partial charge in [0.15, 0.2) is 0 Å². The lowest BCUT2D eigenvalue weighted by atomic mass is 10.2. The van der Waals surface area contributed by atoms with Crippen molar-refractivity contribution in [3.8, 4) is 5.75 Å². The van der Waals surface area contributed by atoms with E-state index in [0.717, 1.165) is 17.0 Å². The van der Waals surface area contributed by atoms with Gasteiger partial charge in [0.1, 0.15) is 11.4 Å². The van der Waals surface area contributed by atoms with Gasteiger partial charge >= 0.3 is 0 Å². The maximum absolute atomic E-state index is 12.5. The number of aryl methyl sites for hydroxylation is 1. The number of anilines is 3. The van der Waals surface area contributed by atoms with Gasteiger partial charge in [-0.2, -0.15) is 0 Å². The van der Waals surface area contributed by atoms with Crippen LogP contribution in [-0.4, -0.2) is 22.0 Å². The van der Waals surface area contributed by atoms with Crippen molar-refractivity contribution in [1.82, 2.24) is 9.97 Å². The summed E-state index contributed by atoms with van der Waals surface area (Å²) in [6.07, 6.45) is 1.62. The van der Waals surface area contributed by atoms with Crippen LogP contribution in [0, 0.1) is 6.92 Å². The Kier molecular flexibility index (Phi) is 6.11. The molecule has 2 aromatic carbocycles. The highest BCUT2D eigenvalue weighted by Crippen LogP contribution is 2.22. The Morgan fingerprint density at radius 2 is 1.79 bits per heavy atom. The smallest absolute Gasteiger partial charge is 0.274 e. The van der Waals surface area contributed by atoms with Crippen molar-refractivity contribution in [3.05, 3.63) is 71.0 Å². The zero-order valence-corrected chi connectivity index (χ0v) is 16.6. The van der Waals surface area contributed by atoms with Gasteiger partial charge in [-0.15, -0.1) is 0 Å². The Morgan fingerprint density at radius 1 is 1.07 bits per heavy atom. The third-order valence-corrected chi connectivity index (χ3v) is 4.21. The first kappa shape index (κ1) is 19.6. The number of hydrogen-bond acceptors (Lipinski definition) is 5. The second-order valence-corrected chi connectivity index (χ2v) is 6.91. The fourth-order valence-electron chi connectivity index (χ4n) is 2.43. The summed E-state index contributed by atoms with van der Waals surface area (Å²) in [5.74, 6) is 0.733. The SMILES string of the molecule is Cc1ccc(Nc2nccc(C(=O)Nc3ccc(OC(C)C)cc3)n2)cc1Cl. The molecule has 144 valence electrons. The molecule has 3 aromatic rings. The number of halogens is 1. The molecule has 0 saturated heterocycles. The van der Waals surface area contributed by atoms with Crippen molar-refractivity contribution in [2.45, 2.75) is 26.9 Å². The number of ether oxygens (including phenoxy) is 1. The number of amides is 1. The number of nitrogens with zero attached hydrogens (tertiary/aromatic N) is 2. The number of benzene rings is 2. The van der Waals surface area contributed by atoms with Crippen molar-refractivity contribution in [2.24, 2.45) is 0 Å². The minimum absolute atomic E-state index is 0.0933. The lowest BCUT2D eigenvalue weighted by Crippen LogP contribution is -2.14.